The smallest absolute Gasteiger partial charge is 0.350 e. The number of H-pyrrole nitrogens is 1. The monoisotopic (exact) mass is 277 g/mol. The van der Waals surface area contributed by atoms with Gasteiger partial charge in [0.2, 0.25) is 0 Å². The van der Waals surface area contributed by atoms with Crippen LogP contribution in [0, 0.1) is 10.1 Å². The fourth-order valence-corrected chi connectivity index (χ4v) is 1.64. The molecule has 2 heterocycles. The van der Waals surface area contributed by atoms with Crippen molar-refractivity contribution >= 4 is 11.4 Å². The number of pyridine rings is 1. The molecule has 2 N–H and O–H groups in total. The van der Waals surface area contributed by atoms with Crippen molar-refractivity contribution in [3.8, 4) is 0 Å². The molecule has 9 nitrogen and oxygen atoms in total. The summed E-state index contributed by atoms with van der Waals surface area (Å²) in [6.45, 7) is 0.0198. The van der Waals surface area contributed by atoms with Crippen LogP contribution in [0.3, 0.4) is 0 Å². The SMILES string of the molecule is CNc1ccnc(Cn2cc([N+](=O)[O-])c(=O)[nH]c2=O)c1. The Labute approximate surface area is 112 Å². The molecular weight excluding hydrogens is 266 g/mol. The zero-order chi connectivity index (χ0) is 14.7. The van der Waals surface area contributed by atoms with E-state index in [1.54, 1.807) is 25.4 Å². The number of hydrogen-bond acceptors (Lipinski definition) is 6. The molecule has 2 rings (SSSR count). The number of nitrogens with one attached hydrogen (secondary N) is 2. The predicted octanol–water partition coefficient (Wildman–Crippen LogP) is -0.0702. The van der Waals surface area contributed by atoms with Crippen LogP contribution in [-0.2, 0) is 6.54 Å². The molecule has 0 atom stereocenters. The van der Waals surface area contributed by atoms with Crippen LogP contribution >= 0.6 is 0 Å². The topological polar surface area (TPSA) is 123 Å². The number of hydrogen-bond donors (Lipinski definition) is 2. The third kappa shape index (κ3) is 2.71. The minimum absolute atomic E-state index is 0.0198. The molecule has 0 aliphatic rings. The predicted molar refractivity (Wildman–Crippen MR) is 70.9 cm³/mol. The van der Waals surface area contributed by atoms with E-state index < -0.39 is 21.9 Å². The summed E-state index contributed by atoms with van der Waals surface area (Å²) in [6.07, 6.45) is 2.46. The van der Waals surface area contributed by atoms with E-state index in [9.17, 15) is 19.7 Å². The van der Waals surface area contributed by atoms with E-state index in [1.807, 2.05) is 4.98 Å². The molecule has 104 valence electrons. The second kappa shape index (κ2) is 5.34. The Bertz CT molecular complexity index is 764. The van der Waals surface area contributed by atoms with E-state index in [1.165, 1.54) is 0 Å². The standard InChI is InChI=1S/C11H11N5O4/c1-12-7-2-3-13-8(4-7)5-15-6-9(16(19)20)10(17)14-11(15)18/h2-4,6H,5H2,1H3,(H,12,13)(H,14,17,18). The third-order valence-electron chi connectivity index (χ3n) is 2.63. The highest BCUT2D eigenvalue weighted by Gasteiger charge is 2.15. The zero-order valence-corrected chi connectivity index (χ0v) is 10.5. The summed E-state index contributed by atoms with van der Waals surface area (Å²) in [5.74, 6) is 0. The van der Waals surface area contributed by atoms with Gasteiger partial charge in [-0.1, -0.05) is 0 Å². The Morgan fingerprint density at radius 1 is 1.50 bits per heavy atom. The summed E-state index contributed by atoms with van der Waals surface area (Å²) < 4.78 is 1.03. The maximum absolute atomic E-state index is 11.6. The molecule has 9 heteroatoms. The van der Waals surface area contributed by atoms with Crippen molar-refractivity contribution in [2.45, 2.75) is 6.54 Å². The molecule has 20 heavy (non-hydrogen) atoms. The maximum atomic E-state index is 11.6. The molecule has 2 aromatic rings. The number of anilines is 1. The van der Waals surface area contributed by atoms with Crippen LogP contribution in [0.15, 0.2) is 34.1 Å². The molecule has 0 aliphatic carbocycles. The fourth-order valence-electron chi connectivity index (χ4n) is 1.64. The summed E-state index contributed by atoms with van der Waals surface area (Å²) in [6, 6.07) is 3.44. The van der Waals surface area contributed by atoms with Crippen molar-refractivity contribution in [3.05, 3.63) is 61.2 Å². The third-order valence-corrected chi connectivity index (χ3v) is 2.63. The van der Waals surface area contributed by atoms with Crippen LogP contribution in [0.4, 0.5) is 11.4 Å². The molecule has 0 bridgehead atoms. The lowest BCUT2D eigenvalue weighted by Crippen LogP contribution is -2.31. The van der Waals surface area contributed by atoms with E-state index in [2.05, 4.69) is 10.3 Å². The molecule has 0 unspecified atom stereocenters. The first-order chi connectivity index (χ1) is 9.51. The number of aromatic nitrogens is 3. The summed E-state index contributed by atoms with van der Waals surface area (Å²) in [5.41, 5.74) is -1.11. The Balaban J connectivity index is 2.43. The van der Waals surface area contributed by atoms with Crippen LogP contribution in [0.1, 0.15) is 5.69 Å². The highest BCUT2D eigenvalue weighted by Crippen LogP contribution is 2.08. The Morgan fingerprint density at radius 3 is 2.90 bits per heavy atom. The van der Waals surface area contributed by atoms with Crippen molar-refractivity contribution in [3.63, 3.8) is 0 Å². The van der Waals surface area contributed by atoms with Gasteiger partial charge in [-0.25, -0.2) is 4.79 Å². The minimum atomic E-state index is -1.02. The van der Waals surface area contributed by atoms with Crippen LogP contribution in [0.25, 0.3) is 0 Å². The minimum Gasteiger partial charge on any atom is -0.388 e. The van der Waals surface area contributed by atoms with Gasteiger partial charge in [0.15, 0.2) is 0 Å². The average molecular weight is 277 g/mol. The van der Waals surface area contributed by atoms with Gasteiger partial charge in [0, 0.05) is 18.9 Å². The molecule has 0 fully saturated rings. The molecule has 0 aromatic carbocycles. The Hall–Kier alpha value is -2.97. The van der Waals surface area contributed by atoms with Crippen molar-refractivity contribution in [1.82, 2.24) is 14.5 Å². The highest BCUT2D eigenvalue weighted by atomic mass is 16.6. The fraction of sp³-hybridized carbons (Fsp3) is 0.182. The normalized spacial score (nSPS) is 10.2. The molecule has 0 aliphatic heterocycles. The van der Waals surface area contributed by atoms with Crippen molar-refractivity contribution < 1.29 is 4.92 Å². The van der Waals surface area contributed by atoms with Gasteiger partial charge in [-0.3, -0.25) is 29.4 Å². The van der Waals surface area contributed by atoms with E-state index >= 15 is 0 Å². The van der Waals surface area contributed by atoms with Crippen molar-refractivity contribution in [2.24, 2.45) is 0 Å². The second-order valence-corrected chi connectivity index (χ2v) is 3.94. The van der Waals surface area contributed by atoms with Crippen LogP contribution in [-0.4, -0.2) is 26.5 Å². The largest absolute Gasteiger partial charge is 0.388 e. The molecule has 0 saturated heterocycles. The quantitative estimate of drug-likeness (QED) is 0.595. The van der Waals surface area contributed by atoms with Crippen molar-refractivity contribution in [2.75, 3.05) is 12.4 Å². The number of nitro groups is 1. The molecule has 0 radical (unpaired) electrons. The van der Waals surface area contributed by atoms with E-state index in [4.69, 9.17) is 0 Å². The maximum Gasteiger partial charge on any atom is 0.350 e. The summed E-state index contributed by atoms with van der Waals surface area (Å²) in [5, 5.41) is 13.6. The number of rotatable bonds is 4. The van der Waals surface area contributed by atoms with Gasteiger partial charge in [-0.15, -0.1) is 0 Å². The Kier molecular flexibility index (Phi) is 3.60. The molecule has 2 aromatic heterocycles. The van der Waals surface area contributed by atoms with Gasteiger partial charge >= 0.3 is 16.9 Å². The number of nitrogens with zero attached hydrogens (tertiary/aromatic N) is 3. The van der Waals surface area contributed by atoms with Crippen LogP contribution in [0.5, 0.6) is 0 Å². The van der Waals surface area contributed by atoms with E-state index in [0.29, 0.717) is 5.69 Å². The molecular formula is C11H11N5O4. The lowest BCUT2D eigenvalue weighted by Gasteiger charge is -2.06. The van der Waals surface area contributed by atoms with E-state index in [-0.39, 0.29) is 6.54 Å². The first kappa shape index (κ1) is 13.5. The summed E-state index contributed by atoms with van der Waals surface area (Å²) >= 11 is 0. The van der Waals surface area contributed by atoms with Gasteiger partial charge in [-0.2, -0.15) is 0 Å². The van der Waals surface area contributed by atoms with Gasteiger partial charge in [0.1, 0.15) is 0 Å². The molecule has 0 amide bonds. The first-order valence-corrected chi connectivity index (χ1v) is 5.62. The van der Waals surface area contributed by atoms with Gasteiger partial charge in [0.25, 0.3) is 0 Å². The average Bonchev–Trinajstić information content (AvgIpc) is 2.41. The highest BCUT2D eigenvalue weighted by molar-refractivity contribution is 5.42. The summed E-state index contributed by atoms with van der Waals surface area (Å²) in [7, 11) is 1.73. The lowest BCUT2D eigenvalue weighted by atomic mass is 10.3. The molecule has 0 spiro atoms. The van der Waals surface area contributed by atoms with Gasteiger partial charge in [0.05, 0.1) is 23.4 Å². The van der Waals surface area contributed by atoms with Crippen LogP contribution in [0.2, 0.25) is 0 Å². The number of aromatic amines is 1. The molecule has 0 saturated carbocycles. The van der Waals surface area contributed by atoms with Crippen LogP contribution < -0.4 is 16.6 Å². The van der Waals surface area contributed by atoms with Gasteiger partial charge in [-0.05, 0) is 12.1 Å². The zero-order valence-electron chi connectivity index (χ0n) is 10.5. The second-order valence-electron chi connectivity index (χ2n) is 3.94. The lowest BCUT2D eigenvalue weighted by molar-refractivity contribution is -0.386. The first-order valence-electron chi connectivity index (χ1n) is 5.62. The van der Waals surface area contributed by atoms with Gasteiger partial charge < -0.3 is 5.32 Å². The van der Waals surface area contributed by atoms with E-state index in [0.717, 1.165) is 16.5 Å². The van der Waals surface area contributed by atoms with Crippen molar-refractivity contribution in [1.29, 1.82) is 0 Å². The summed E-state index contributed by atoms with van der Waals surface area (Å²) in [4.78, 5) is 38.7. The Morgan fingerprint density at radius 2 is 2.25 bits per heavy atom.